The van der Waals surface area contributed by atoms with Gasteiger partial charge in [0.05, 0.1) is 23.3 Å². The van der Waals surface area contributed by atoms with E-state index in [4.69, 9.17) is 11.6 Å². The summed E-state index contributed by atoms with van der Waals surface area (Å²) in [7, 11) is 1.25. The molecule has 2 rings (SSSR count). The fraction of sp³-hybridized carbons (Fsp3) is 0.0714. The van der Waals surface area contributed by atoms with Gasteiger partial charge in [-0.05, 0) is 24.3 Å². The number of hydrogen-bond acceptors (Lipinski definition) is 4. The number of nitrogens with zero attached hydrogens (tertiary/aromatic N) is 1. The molecular formula is C14H10ClFN2O3. The van der Waals surface area contributed by atoms with E-state index >= 15 is 0 Å². The van der Waals surface area contributed by atoms with Crippen molar-refractivity contribution in [1.82, 2.24) is 4.98 Å². The van der Waals surface area contributed by atoms with Gasteiger partial charge in [0, 0.05) is 6.20 Å². The van der Waals surface area contributed by atoms with Crippen molar-refractivity contribution >= 4 is 29.3 Å². The normalized spacial score (nSPS) is 10.0. The van der Waals surface area contributed by atoms with Crippen LogP contribution < -0.4 is 5.32 Å². The van der Waals surface area contributed by atoms with Crippen molar-refractivity contribution in [2.24, 2.45) is 0 Å². The minimum absolute atomic E-state index is 0.00122. The van der Waals surface area contributed by atoms with Crippen molar-refractivity contribution in [2.75, 3.05) is 12.4 Å². The molecule has 0 radical (unpaired) electrons. The van der Waals surface area contributed by atoms with Crippen LogP contribution in [0.5, 0.6) is 0 Å². The Morgan fingerprint density at radius 1 is 1.29 bits per heavy atom. The molecule has 0 aliphatic rings. The Balaban J connectivity index is 2.18. The SMILES string of the molecule is COC(=O)c1ccc(NC(=O)c2c(F)cccc2Cl)nc1. The zero-order valence-corrected chi connectivity index (χ0v) is 11.6. The Kier molecular flexibility index (Phi) is 4.49. The number of amides is 1. The first-order valence-electron chi connectivity index (χ1n) is 5.82. The smallest absolute Gasteiger partial charge is 0.339 e. The lowest BCUT2D eigenvalue weighted by atomic mass is 10.2. The minimum Gasteiger partial charge on any atom is -0.465 e. The second-order valence-corrected chi connectivity index (χ2v) is 4.38. The molecule has 7 heteroatoms. The van der Waals surface area contributed by atoms with Gasteiger partial charge in [-0.25, -0.2) is 14.2 Å². The molecule has 0 atom stereocenters. The Bertz CT molecular complexity index is 669. The number of halogens is 2. The summed E-state index contributed by atoms with van der Waals surface area (Å²) in [5.74, 6) is -1.84. The molecule has 0 bridgehead atoms. The van der Waals surface area contributed by atoms with Crippen molar-refractivity contribution in [3.05, 3.63) is 58.5 Å². The molecule has 1 aromatic carbocycles. The van der Waals surface area contributed by atoms with Crippen molar-refractivity contribution in [1.29, 1.82) is 0 Å². The molecule has 1 amide bonds. The molecule has 21 heavy (non-hydrogen) atoms. The van der Waals surface area contributed by atoms with Crippen LogP contribution in [-0.4, -0.2) is 24.0 Å². The number of esters is 1. The first-order chi connectivity index (χ1) is 10.0. The summed E-state index contributed by atoms with van der Waals surface area (Å²) < 4.78 is 18.1. The van der Waals surface area contributed by atoms with E-state index in [-0.39, 0.29) is 22.0 Å². The third-order valence-electron chi connectivity index (χ3n) is 2.62. The van der Waals surface area contributed by atoms with E-state index in [1.165, 1.54) is 37.6 Å². The quantitative estimate of drug-likeness (QED) is 0.885. The zero-order valence-electron chi connectivity index (χ0n) is 10.9. The number of methoxy groups -OCH3 is 1. The van der Waals surface area contributed by atoms with Crippen LogP contribution in [0.3, 0.4) is 0 Å². The molecule has 0 saturated carbocycles. The van der Waals surface area contributed by atoms with E-state index in [0.29, 0.717) is 0 Å². The molecule has 5 nitrogen and oxygen atoms in total. The van der Waals surface area contributed by atoms with Crippen molar-refractivity contribution in [3.63, 3.8) is 0 Å². The van der Waals surface area contributed by atoms with E-state index in [1.54, 1.807) is 0 Å². The molecule has 2 aromatic rings. The standard InChI is InChI=1S/C14H10ClFN2O3/c1-21-14(20)8-5-6-11(17-7-8)18-13(19)12-9(15)3-2-4-10(12)16/h2-7H,1H3,(H,17,18,19). The van der Waals surface area contributed by atoms with Crippen LogP contribution in [0.25, 0.3) is 0 Å². The number of pyridine rings is 1. The number of ether oxygens (including phenoxy) is 1. The highest BCUT2D eigenvalue weighted by Gasteiger charge is 2.16. The Morgan fingerprint density at radius 2 is 2.05 bits per heavy atom. The van der Waals surface area contributed by atoms with Gasteiger partial charge in [-0.1, -0.05) is 17.7 Å². The second kappa shape index (κ2) is 6.32. The molecule has 0 unspecified atom stereocenters. The molecule has 108 valence electrons. The van der Waals surface area contributed by atoms with Gasteiger partial charge in [0.15, 0.2) is 0 Å². The van der Waals surface area contributed by atoms with Gasteiger partial charge in [0.2, 0.25) is 0 Å². The van der Waals surface area contributed by atoms with Gasteiger partial charge in [-0.15, -0.1) is 0 Å². The van der Waals surface area contributed by atoms with Crippen LogP contribution in [0.1, 0.15) is 20.7 Å². The summed E-state index contributed by atoms with van der Waals surface area (Å²) in [6.07, 6.45) is 1.24. The van der Waals surface area contributed by atoms with Crippen LogP contribution in [0, 0.1) is 5.82 Å². The number of aromatic nitrogens is 1. The summed E-state index contributed by atoms with van der Waals surface area (Å²) in [6.45, 7) is 0. The molecule has 0 fully saturated rings. The fourth-order valence-corrected chi connectivity index (χ4v) is 1.85. The Morgan fingerprint density at radius 3 is 2.62 bits per heavy atom. The van der Waals surface area contributed by atoms with E-state index in [1.807, 2.05) is 0 Å². The van der Waals surface area contributed by atoms with E-state index in [0.717, 1.165) is 6.07 Å². The van der Waals surface area contributed by atoms with Gasteiger partial charge in [0.1, 0.15) is 11.6 Å². The van der Waals surface area contributed by atoms with Crippen LogP contribution >= 0.6 is 11.6 Å². The van der Waals surface area contributed by atoms with Gasteiger partial charge in [-0.3, -0.25) is 4.79 Å². The predicted octanol–water partition coefficient (Wildman–Crippen LogP) is 2.91. The second-order valence-electron chi connectivity index (χ2n) is 3.97. The highest BCUT2D eigenvalue weighted by Crippen LogP contribution is 2.20. The van der Waals surface area contributed by atoms with Crippen LogP contribution in [0.15, 0.2) is 36.5 Å². The third-order valence-corrected chi connectivity index (χ3v) is 2.93. The summed E-state index contributed by atoms with van der Waals surface area (Å²) in [4.78, 5) is 27.1. The first kappa shape index (κ1) is 14.9. The Hall–Kier alpha value is -2.47. The molecule has 0 aliphatic heterocycles. The lowest BCUT2D eigenvalue weighted by Crippen LogP contribution is -2.15. The van der Waals surface area contributed by atoms with Gasteiger partial charge in [0.25, 0.3) is 5.91 Å². The average molecular weight is 309 g/mol. The number of anilines is 1. The summed E-state index contributed by atoms with van der Waals surface area (Å²) in [5, 5.41) is 2.40. The summed E-state index contributed by atoms with van der Waals surface area (Å²) >= 11 is 5.79. The maximum Gasteiger partial charge on any atom is 0.339 e. The molecular weight excluding hydrogens is 299 g/mol. The number of benzene rings is 1. The molecule has 1 heterocycles. The molecule has 1 aromatic heterocycles. The topological polar surface area (TPSA) is 68.3 Å². The first-order valence-corrected chi connectivity index (χ1v) is 6.20. The maximum atomic E-state index is 13.6. The van der Waals surface area contributed by atoms with E-state index in [9.17, 15) is 14.0 Å². The highest BCUT2D eigenvalue weighted by atomic mass is 35.5. The van der Waals surface area contributed by atoms with Gasteiger partial charge in [-0.2, -0.15) is 0 Å². The van der Waals surface area contributed by atoms with E-state index < -0.39 is 17.7 Å². The summed E-state index contributed by atoms with van der Waals surface area (Å²) in [6, 6.07) is 6.77. The van der Waals surface area contributed by atoms with Crippen LogP contribution in [-0.2, 0) is 4.74 Å². The monoisotopic (exact) mass is 308 g/mol. The van der Waals surface area contributed by atoms with Crippen molar-refractivity contribution in [3.8, 4) is 0 Å². The maximum absolute atomic E-state index is 13.6. The molecule has 0 spiro atoms. The summed E-state index contributed by atoms with van der Waals surface area (Å²) in [5.41, 5.74) is -0.0302. The lowest BCUT2D eigenvalue weighted by Gasteiger charge is -2.07. The van der Waals surface area contributed by atoms with Crippen molar-refractivity contribution < 1.29 is 18.7 Å². The fourth-order valence-electron chi connectivity index (χ4n) is 1.60. The predicted molar refractivity (Wildman–Crippen MR) is 74.9 cm³/mol. The van der Waals surface area contributed by atoms with E-state index in [2.05, 4.69) is 15.0 Å². The van der Waals surface area contributed by atoms with Crippen LogP contribution in [0.4, 0.5) is 10.2 Å². The van der Waals surface area contributed by atoms with Crippen molar-refractivity contribution in [2.45, 2.75) is 0 Å². The number of nitrogens with one attached hydrogen (secondary N) is 1. The number of carbonyl (C=O) groups is 2. The lowest BCUT2D eigenvalue weighted by molar-refractivity contribution is 0.0600. The highest BCUT2D eigenvalue weighted by molar-refractivity contribution is 6.34. The largest absolute Gasteiger partial charge is 0.465 e. The Labute approximate surface area is 124 Å². The number of rotatable bonds is 3. The minimum atomic E-state index is -0.730. The molecule has 0 aliphatic carbocycles. The average Bonchev–Trinajstić information content (AvgIpc) is 2.47. The van der Waals surface area contributed by atoms with Gasteiger partial charge >= 0.3 is 5.97 Å². The number of carbonyl (C=O) groups excluding carboxylic acids is 2. The van der Waals surface area contributed by atoms with Gasteiger partial charge < -0.3 is 10.1 Å². The van der Waals surface area contributed by atoms with Crippen LogP contribution in [0.2, 0.25) is 5.02 Å². The zero-order chi connectivity index (χ0) is 15.4. The third kappa shape index (κ3) is 3.35. The molecule has 0 saturated heterocycles. The molecule has 1 N–H and O–H groups in total. The number of hydrogen-bond donors (Lipinski definition) is 1.